The molecule has 1 N–H and O–H groups in total. The second-order valence-electron chi connectivity index (χ2n) is 4.69. The van der Waals surface area contributed by atoms with Crippen molar-refractivity contribution in [1.82, 2.24) is 10.2 Å². The topological polar surface area (TPSA) is 41.6 Å². The Morgan fingerprint density at radius 1 is 1.20 bits per heavy atom. The van der Waals surface area contributed by atoms with Gasteiger partial charge in [0.25, 0.3) is 0 Å². The molecule has 0 heterocycles. The van der Waals surface area contributed by atoms with Crippen molar-refractivity contribution in [2.75, 3.05) is 19.7 Å². The minimum absolute atomic E-state index is 0.154. The molecule has 1 aromatic carbocycles. The average Bonchev–Trinajstić information content (AvgIpc) is 2.47. The van der Waals surface area contributed by atoms with Gasteiger partial charge in [-0.2, -0.15) is 0 Å². The molecule has 4 nitrogen and oxygen atoms in total. The van der Waals surface area contributed by atoms with Crippen LogP contribution in [0.2, 0.25) is 0 Å². The maximum Gasteiger partial charge on any atom is 0.239 e. The molecule has 0 saturated carbocycles. The number of hydrogen-bond donors (Lipinski definition) is 1. The SMILES string of the molecule is CCOc1ccc(CNC(C)C(=O)N(CC)CC)cc1. The van der Waals surface area contributed by atoms with Gasteiger partial charge in [-0.3, -0.25) is 4.79 Å². The summed E-state index contributed by atoms with van der Waals surface area (Å²) < 4.78 is 5.40. The lowest BCUT2D eigenvalue weighted by molar-refractivity contribution is -0.132. The Labute approximate surface area is 122 Å². The Hall–Kier alpha value is -1.55. The lowest BCUT2D eigenvalue weighted by atomic mass is 10.2. The average molecular weight is 278 g/mol. The Bertz CT molecular complexity index is 399. The molecule has 0 spiro atoms. The summed E-state index contributed by atoms with van der Waals surface area (Å²) in [6.45, 7) is 10.7. The fourth-order valence-corrected chi connectivity index (χ4v) is 2.04. The Kier molecular flexibility index (Phi) is 7.09. The smallest absolute Gasteiger partial charge is 0.239 e. The maximum atomic E-state index is 12.1. The van der Waals surface area contributed by atoms with Gasteiger partial charge in [0.2, 0.25) is 5.91 Å². The third-order valence-electron chi connectivity index (χ3n) is 3.29. The lowest BCUT2D eigenvalue weighted by Crippen LogP contribution is -2.44. The molecule has 0 bridgehead atoms. The van der Waals surface area contributed by atoms with Gasteiger partial charge in [-0.05, 0) is 45.4 Å². The Balaban J connectivity index is 2.47. The van der Waals surface area contributed by atoms with E-state index in [1.807, 2.05) is 56.9 Å². The van der Waals surface area contributed by atoms with Gasteiger partial charge in [-0.25, -0.2) is 0 Å². The first-order valence-corrected chi connectivity index (χ1v) is 7.36. The van der Waals surface area contributed by atoms with Gasteiger partial charge in [0.15, 0.2) is 0 Å². The molecule has 0 radical (unpaired) electrons. The van der Waals surface area contributed by atoms with Crippen LogP contribution in [0.5, 0.6) is 5.75 Å². The number of amides is 1. The molecule has 0 aliphatic heterocycles. The van der Waals surface area contributed by atoms with Crippen molar-refractivity contribution in [2.45, 2.75) is 40.3 Å². The molecule has 1 atom stereocenters. The standard InChI is InChI=1S/C16H26N2O2/c1-5-18(6-2)16(19)13(4)17-12-14-8-10-15(11-9-14)20-7-3/h8-11,13,17H,5-7,12H2,1-4H3. The van der Waals surface area contributed by atoms with E-state index in [4.69, 9.17) is 4.74 Å². The van der Waals surface area contributed by atoms with Gasteiger partial charge in [-0.15, -0.1) is 0 Å². The summed E-state index contributed by atoms with van der Waals surface area (Å²) in [4.78, 5) is 14.0. The van der Waals surface area contributed by atoms with Crippen LogP contribution in [0.1, 0.15) is 33.3 Å². The molecule has 1 amide bonds. The second-order valence-corrected chi connectivity index (χ2v) is 4.69. The summed E-state index contributed by atoms with van der Waals surface area (Å²) in [6, 6.07) is 7.79. The number of carbonyl (C=O) groups excluding carboxylic acids is 1. The van der Waals surface area contributed by atoms with Gasteiger partial charge in [0, 0.05) is 19.6 Å². The quantitative estimate of drug-likeness (QED) is 0.794. The molecule has 1 aromatic rings. The van der Waals surface area contributed by atoms with E-state index < -0.39 is 0 Å². The molecule has 0 aliphatic rings. The molecular formula is C16H26N2O2. The first-order chi connectivity index (χ1) is 9.62. The molecule has 0 fully saturated rings. The van der Waals surface area contributed by atoms with Crippen LogP contribution in [-0.4, -0.2) is 36.5 Å². The van der Waals surface area contributed by atoms with Crippen LogP contribution in [0.15, 0.2) is 24.3 Å². The molecule has 20 heavy (non-hydrogen) atoms. The zero-order valence-electron chi connectivity index (χ0n) is 13.0. The van der Waals surface area contributed by atoms with E-state index in [0.29, 0.717) is 13.2 Å². The van der Waals surface area contributed by atoms with Crippen LogP contribution in [0.3, 0.4) is 0 Å². The van der Waals surface area contributed by atoms with E-state index in [9.17, 15) is 4.79 Å². The first kappa shape index (κ1) is 16.5. The highest BCUT2D eigenvalue weighted by Gasteiger charge is 2.17. The monoisotopic (exact) mass is 278 g/mol. The number of carbonyl (C=O) groups is 1. The largest absolute Gasteiger partial charge is 0.494 e. The van der Waals surface area contributed by atoms with E-state index in [2.05, 4.69) is 5.32 Å². The third-order valence-corrected chi connectivity index (χ3v) is 3.29. The molecule has 0 saturated heterocycles. The molecule has 112 valence electrons. The predicted octanol–water partition coefficient (Wildman–Crippen LogP) is 2.43. The fourth-order valence-electron chi connectivity index (χ4n) is 2.04. The molecule has 0 aromatic heterocycles. The number of hydrogen-bond acceptors (Lipinski definition) is 3. The summed E-state index contributed by atoms with van der Waals surface area (Å²) in [5.41, 5.74) is 1.15. The van der Waals surface area contributed by atoms with Crippen molar-refractivity contribution in [3.8, 4) is 5.75 Å². The van der Waals surface area contributed by atoms with Crippen molar-refractivity contribution in [3.05, 3.63) is 29.8 Å². The van der Waals surface area contributed by atoms with Crippen LogP contribution in [0.25, 0.3) is 0 Å². The van der Waals surface area contributed by atoms with Gasteiger partial charge < -0.3 is 15.0 Å². The summed E-state index contributed by atoms with van der Waals surface area (Å²) in [6.07, 6.45) is 0. The Morgan fingerprint density at radius 3 is 2.30 bits per heavy atom. The van der Waals surface area contributed by atoms with E-state index >= 15 is 0 Å². The van der Waals surface area contributed by atoms with Crippen molar-refractivity contribution < 1.29 is 9.53 Å². The highest BCUT2D eigenvalue weighted by molar-refractivity contribution is 5.81. The van der Waals surface area contributed by atoms with E-state index in [1.54, 1.807) is 0 Å². The first-order valence-electron chi connectivity index (χ1n) is 7.36. The second kappa shape index (κ2) is 8.59. The summed E-state index contributed by atoms with van der Waals surface area (Å²) in [5.74, 6) is 1.03. The summed E-state index contributed by atoms with van der Waals surface area (Å²) >= 11 is 0. The zero-order chi connectivity index (χ0) is 15.0. The minimum atomic E-state index is -0.165. The molecule has 4 heteroatoms. The van der Waals surface area contributed by atoms with Gasteiger partial charge >= 0.3 is 0 Å². The van der Waals surface area contributed by atoms with Crippen molar-refractivity contribution >= 4 is 5.91 Å². The number of ether oxygens (including phenoxy) is 1. The van der Waals surface area contributed by atoms with Crippen LogP contribution in [0, 0.1) is 0 Å². The number of likely N-dealkylation sites (N-methyl/N-ethyl adjacent to an activating group) is 1. The van der Waals surface area contributed by atoms with Crippen molar-refractivity contribution in [1.29, 1.82) is 0 Å². The molecule has 1 unspecified atom stereocenters. The number of nitrogens with one attached hydrogen (secondary N) is 1. The van der Waals surface area contributed by atoms with Crippen molar-refractivity contribution in [3.63, 3.8) is 0 Å². The summed E-state index contributed by atoms with van der Waals surface area (Å²) in [5, 5.41) is 3.27. The highest BCUT2D eigenvalue weighted by Crippen LogP contribution is 2.12. The fraction of sp³-hybridized carbons (Fsp3) is 0.562. The van der Waals surface area contributed by atoms with E-state index in [0.717, 1.165) is 24.4 Å². The third kappa shape index (κ3) is 4.85. The zero-order valence-corrected chi connectivity index (χ0v) is 13.0. The van der Waals surface area contributed by atoms with Crippen molar-refractivity contribution in [2.24, 2.45) is 0 Å². The normalized spacial score (nSPS) is 12.0. The lowest BCUT2D eigenvalue weighted by Gasteiger charge is -2.23. The molecule has 1 rings (SSSR count). The van der Waals surface area contributed by atoms with Gasteiger partial charge in [0.1, 0.15) is 5.75 Å². The molecular weight excluding hydrogens is 252 g/mol. The Morgan fingerprint density at radius 2 is 1.80 bits per heavy atom. The van der Waals surface area contributed by atoms with Crippen LogP contribution in [0.4, 0.5) is 0 Å². The van der Waals surface area contributed by atoms with E-state index in [-0.39, 0.29) is 11.9 Å². The van der Waals surface area contributed by atoms with Crippen LogP contribution < -0.4 is 10.1 Å². The maximum absolute atomic E-state index is 12.1. The van der Waals surface area contributed by atoms with E-state index in [1.165, 1.54) is 0 Å². The molecule has 0 aliphatic carbocycles. The van der Waals surface area contributed by atoms with Gasteiger partial charge in [0.05, 0.1) is 12.6 Å². The predicted molar refractivity (Wildman–Crippen MR) is 81.8 cm³/mol. The number of benzene rings is 1. The minimum Gasteiger partial charge on any atom is -0.494 e. The summed E-state index contributed by atoms with van der Waals surface area (Å²) in [7, 11) is 0. The number of nitrogens with zero attached hydrogens (tertiary/aromatic N) is 1. The number of rotatable bonds is 8. The van der Waals surface area contributed by atoms with Gasteiger partial charge in [-0.1, -0.05) is 12.1 Å². The highest BCUT2D eigenvalue weighted by atomic mass is 16.5. The van der Waals surface area contributed by atoms with Crippen LogP contribution >= 0.6 is 0 Å². The van der Waals surface area contributed by atoms with Crippen LogP contribution in [-0.2, 0) is 11.3 Å².